The Labute approximate surface area is 206 Å². The third kappa shape index (κ3) is 6.95. The van der Waals surface area contributed by atoms with Crippen LogP contribution in [0.3, 0.4) is 0 Å². The van der Waals surface area contributed by atoms with Gasteiger partial charge in [0.05, 0.1) is 13.2 Å². The number of hydrogen-bond acceptors (Lipinski definition) is 3. The number of ether oxygens (including phenoxy) is 1. The van der Waals surface area contributed by atoms with Crippen LogP contribution >= 0.6 is 11.6 Å². The summed E-state index contributed by atoms with van der Waals surface area (Å²) in [6, 6.07) is 21.0. The number of halogens is 1. The molecule has 0 aliphatic heterocycles. The molecule has 0 bridgehead atoms. The van der Waals surface area contributed by atoms with Gasteiger partial charge in [0.15, 0.2) is 0 Å². The van der Waals surface area contributed by atoms with Gasteiger partial charge in [0.2, 0.25) is 5.91 Å². The highest BCUT2D eigenvalue weighted by atomic mass is 35.5. The summed E-state index contributed by atoms with van der Waals surface area (Å²) in [4.78, 5) is 29.9. The van der Waals surface area contributed by atoms with Gasteiger partial charge in [0, 0.05) is 48.7 Å². The summed E-state index contributed by atoms with van der Waals surface area (Å²) < 4.78 is 7.33. The number of rotatable bonds is 11. The van der Waals surface area contributed by atoms with E-state index in [-0.39, 0.29) is 24.4 Å². The number of aromatic nitrogens is 1. The lowest BCUT2D eigenvalue weighted by molar-refractivity contribution is -0.134. The second-order valence-corrected chi connectivity index (χ2v) is 8.89. The standard InChI is InChI=1S/C27H32ClN3O3/c1-21(2)31(19-25-13-8-14-29(25)18-22-9-5-4-6-10-22)26(32)20-30(15-16-34-3)27(33)23-11-7-12-24(28)17-23/h4-14,17,21H,15-16,18-20H2,1-3H3. The molecule has 0 fully saturated rings. The maximum atomic E-state index is 13.4. The van der Waals surface area contributed by atoms with Crippen molar-refractivity contribution >= 4 is 23.4 Å². The van der Waals surface area contributed by atoms with E-state index in [0.29, 0.717) is 30.3 Å². The topological polar surface area (TPSA) is 54.8 Å². The van der Waals surface area contributed by atoms with Crippen molar-refractivity contribution in [1.82, 2.24) is 14.4 Å². The largest absolute Gasteiger partial charge is 0.383 e. The summed E-state index contributed by atoms with van der Waals surface area (Å²) in [6.45, 7) is 5.77. The molecule has 1 heterocycles. The normalized spacial score (nSPS) is 11.0. The minimum atomic E-state index is -0.246. The van der Waals surface area contributed by atoms with Gasteiger partial charge in [0.1, 0.15) is 6.54 Å². The van der Waals surface area contributed by atoms with E-state index < -0.39 is 0 Å². The summed E-state index contributed by atoms with van der Waals surface area (Å²) in [5.74, 6) is -0.363. The zero-order valence-electron chi connectivity index (χ0n) is 20.0. The second-order valence-electron chi connectivity index (χ2n) is 8.46. The van der Waals surface area contributed by atoms with Crippen molar-refractivity contribution in [3.63, 3.8) is 0 Å². The summed E-state index contributed by atoms with van der Waals surface area (Å²) in [5.41, 5.74) is 2.68. The number of amides is 2. The van der Waals surface area contributed by atoms with Gasteiger partial charge < -0.3 is 19.1 Å². The molecule has 3 rings (SSSR count). The van der Waals surface area contributed by atoms with Crippen LogP contribution in [0.5, 0.6) is 0 Å². The Hall–Kier alpha value is -3.09. The van der Waals surface area contributed by atoms with Crippen LogP contribution < -0.4 is 0 Å². The van der Waals surface area contributed by atoms with Gasteiger partial charge in [-0.15, -0.1) is 0 Å². The van der Waals surface area contributed by atoms with Crippen LogP contribution in [-0.2, 0) is 22.6 Å². The Morgan fingerprint density at radius 1 is 1.03 bits per heavy atom. The van der Waals surface area contributed by atoms with Crippen LogP contribution in [0.2, 0.25) is 5.02 Å². The third-order valence-corrected chi connectivity index (χ3v) is 5.88. The molecule has 0 spiro atoms. The first-order chi connectivity index (χ1) is 16.4. The SMILES string of the molecule is COCCN(CC(=O)N(Cc1cccn1Cc1ccccc1)C(C)C)C(=O)c1cccc(Cl)c1. The Balaban J connectivity index is 1.75. The minimum Gasteiger partial charge on any atom is -0.383 e. The molecule has 2 amide bonds. The molecule has 34 heavy (non-hydrogen) atoms. The summed E-state index contributed by atoms with van der Waals surface area (Å²) >= 11 is 6.08. The summed E-state index contributed by atoms with van der Waals surface area (Å²) in [7, 11) is 1.57. The summed E-state index contributed by atoms with van der Waals surface area (Å²) in [6.07, 6.45) is 2.03. The van der Waals surface area contributed by atoms with E-state index in [1.54, 1.807) is 31.4 Å². The predicted molar refractivity (Wildman–Crippen MR) is 135 cm³/mol. The zero-order valence-corrected chi connectivity index (χ0v) is 20.7. The maximum absolute atomic E-state index is 13.4. The molecule has 0 N–H and O–H groups in total. The molecule has 180 valence electrons. The second kappa shape index (κ2) is 12.4. The molecule has 1 aromatic heterocycles. The molecular formula is C27H32ClN3O3. The maximum Gasteiger partial charge on any atom is 0.254 e. The van der Waals surface area contributed by atoms with E-state index in [1.165, 1.54) is 10.5 Å². The number of benzene rings is 2. The Kier molecular flexibility index (Phi) is 9.31. The number of carbonyl (C=O) groups excluding carboxylic acids is 2. The molecule has 3 aromatic rings. The van der Waals surface area contributed by atoms with Gasteiger partial charge in [-0.05, 0) is 49.7 Å². The first-order valence-electron chi connectivity index (χ1n) is 11.4. The first-order valence-corrected chi connectivity index (χ1v) is 11.8. The zero-order chi connectivity index (χ0) is 24.5. The molecule has 0 saturated carbocycles. The van der Waals surface area contributed by atoms with Crippen LogP contribution in [0, 0.1) is 0 Å². The minimum absolute atomic E-state index is 0.0295. The van der Waals surface area contributed by atoms with Gasteiger partial charge in [-0.1, -0.05) is 48.0 Å². The number of methoxy groups -OCH3 is 1. The highest BCUT2D eigenvalue weighted by Crippen LogP contribution is 2.16. The van der Waals surface area contributed by atoms with Crippen molar-refractivity contribution in [2.24, 2.45) is 0 Å². The molecule has 0 aliphatic carbocycles. The fraction of sp³-hybridized carbons (Fsp3) is 0.333. The number of hydrogen-bond donors (Lipinski definition) is 0. The molecule has 2 aromatic carbocycles. The molecule has 0 atom stereocenters. The van der Waals surface area contributed by atoms with Gasteiger partial charge in [0.25, 0.3) is 5.91 Å². The van der Waals surface area contributed by atoms with Crippen molar-refractivity contribution in [3.8, 4) is 0 Å². The van der Waals surface area contributed by atoms with Gasteiger partial charge >= 0.3 is 0 Å². The van der Waals surface area contributed by atoms with Crippen molar-refractivity contribution in [1.29, 1.82) is 0 Å². The van der Waals surface area contributed by atoms with Gasteiger partial charge in [-0.2, -0.15) is 0 Å². The lowest BCUT2D eigenvalue weighted by Gasteiger charge is -2.30. The van der Waals surface area contributed by atoms with Crippen LogP contribution in [0.15, 0.2) is 72.9 Å². The quantitative estimate of drug-likeness (QED) is 0.398. The van der Waals surface area contributed by atoms with Crippen molar-refractivity contribution < 1.29 is 14.3 Å². The van der Waals surface area contributed by atoms with E-state index in [9.17, 15) is 9.59 Å². The van der Waals surface area contributed by atoms with Crippen molar-refractivity contribution in [2.45, 2.75) is 33.0 Å². The number of carbonyl (C=O) groups is 2. The lowest BCUT2D eigenvalue weighted by Crippen LogP contribution is -2.46. The van der Waals surface area contributed by atoms with Crippen molar-refractivity contribution in [2.75, 3.05) is 26.8 Å². The van der Waals surface area contributed by atoms with Crippen LogP contribution in [0.25, 0.3) is 0 Å². The number of nitrogens with zero attached hydrogens (tertiary/aromatic N) is 3. The molecule has 0 saturated heterocycles. The third-order valence-electron chi connectivity index (χ3n) is 5.65. The molecule has 6 nitrogen and oxygen atoms in total. The van der Waals surface area contributed by atoms with Gasteiger partial charge in [-0.25, -0.2) is 0 Å². The van der Waals surface area contributed by atoms with Gasteiger partial charge in [-0.3, -0.25) is 9.59 Å². The Morgan fingerprint density at radius 2 is 1.79 bits per heavy atom. The van der Waals surface area contributed by atoms with E-state index in [0.717, 1.165) is 12.2 Å². The van der Waals surface area contributed by atoms with Crippen LogP contribution in [-0.4, -0.2) is 59.0 Å². The fourth-order valence-corrected chi connectivity index (χ4v) is 3.96. The smallest absolute Gasteiger partial charge is 0.254 e. The molecule has 0 unspecified atom stereocenters. The monoisotopic (exact) mass is 481 g/mol. The summed E-state index contributed by atoms with van der Waals surface area (Å²) in [5, 5.41) is 0.479. The molecular weight excluding hydrogens is 450 g/mol. The average Bonchev–Trinajstić information content (AvgIpc) is 3.26. The Morgan fingerprint density at radius 3 is 2.47 bits per heavy atom. The van der Waals surface area contributed by atoms with Crippen molar-refractivity contribution in [3.05, 3.63) is 94.8 Å². The van der Waals surface area contributed by atoms with E-state index in [1.807, 2.05) is 55.3 Å². The molecule has 0 aliphatic rings. The van der Waals surface area contributed by atoms with E-state index in [4.69, 9.17) is 16.3 Å². The Bertz CT molecular complexity index is 1080. The van der Waals surface area contributed by atoms with Crippen LogP contribution in [0.1, 0.15) is 35.5 Å². The highest BCUT2D eigenvalue weighted by Gasteiger charge is 2.24. The average molecular weight is 482 g/mol. The lowest BCUT2D eigenvalue weighted by atomic mass is 10.2. The molecule has 0 radical (unpaired) electrons. The van der Waals surface area contributed by atoms with Crippen LogP contribution in [0.4, 0.5) is 0 Å². The first kappa shape index (κ1) is 25.5. The highest BCUT2D eigenvalue weighted by molar-refractivity contribution is 6.31. The fourth-order valence-electron chi connectivity index (χ4n) is 3.77. The van der Waals surface area contributed by atoms with E-state index >= 15 is 0 Å². The predicted octanol–water partition coefficient (Wildman–Crippen LogP) is 4.72. The van der Waals surface area contributed by atoms with E-state index in [2.05, 4.69) is 16.7 Å². The molecule has 7 heteroatoms.